The molecule has 2 aromatic carbocycles. The molecule has 28 heavy (non-hydrogen) atoms. The van der Waals surface area contributed by atoms with Crippen LogP contribution in [0.15, 0.2) is 53.3 Å². The number of anilines is 1. The smallest absolute Gasteiger partial charge is 0.329 e. The van der Waals surface area contributed by atoms with Crippen LogP contribution in [0, 0.1) is 0 Å². The van der Waals surface area contributed by atoms with Gasteiger partial charge in [-0.1, -0.05) is 29.8 Å². The number of carbonyl (C=O) groups is 1. The summed E-state index contributed by atoms with van der Waals surface area (Å²) in [7, 11) is 0. The first-order valence-corrected chi connectivity index (χ1v) is 9.92. The van der Waals surface area contributed by atoms with Gasteiger partial charge in [0.15, 0.2) is 0 Å². The summed E-state index contributed by atoms with van der Waals surface area (Å²) in [6.07, 6.45) is 0. The van der Waals surface area contributed by atoms with Crippen LogP contribution in [0.5, 0.6) is 0 Å². The van der Waals surface area contributed by atoms with E-state index in [-0.39, 0.29) is 18.1 Å². The molecule has 6 nitrogen and oxygen atoms in total. The molecule has 1 aliphatic rings. The van der Waals surface area contributed by atoms with Gasteiger partial charge in [-0.3, -0.25) is 13.9 Å². The molecule has 0 saturated carbocycles. The maximum absolute atomic E-state index is 12.9. The molecule has 0 spiro atoms. The van der Waals surface area contributed by atoms with Crippen LogP contribution in [-0.2, 0) is 17.9 Å². The van der Waals surface area contributed by atoms with Gasteiger partial charge in [0.05, 0.1) is 11.0 Å². The highest BCUT2D eigenvalue weighted by Gasteiger charge is 2.23. The van der Waals surface area contributed by atoms with Crippen LogP contribution in [0.25, 0.3) is 11.0 Å². The highest BCUT2D eigenvalue weighted by Crippen LogP contribution is 2.21. The standard InChI is InChI=1S/C21H23ClN4O2/c1-2-25-18-8-3-4-9-19(18)26(21(25)28)15-20(27)24-12-10-23(11-13-24)17-7-5-6-16(22)14-17/h3-9,14H,2,10-13,15H2,1H3. The van der Waals surface area contributed by atoms with Crippen LogP contribution in [-0.4, -0.2) is 46.1 Å². The number of aromatic nitrogens is 2. The molecule has 1 saturated heterocycles. The molecule has 0 bridgehead atoms. The second kappa shape index (κ2) is 7.72. The summed E-state index contributed by atoms with van der Waals surface area (Å²) in [5.41, 5.74) is 2.62. The van der Waals surface area contributed by atoms with Crippen LogP contribution in [0.2, 0.25) is 5.02 Å². The van der Waals surface area contributed by atoms with E-state index in [0.29, 0.717) is 24.7 Å². The van der Waals surface area contributed by atoms with Crippen LogP contribution in [0.4, 0.5) is 5.69 Å². The lowest BCUT2D eigenvalue weighted by Gasteiger charge is -2.36. The number of amides is 1. The van der Waals surface area contributed by atoms with Crippen LogP contribution in [0.1, 0.15) is 6.92 Å². The van der Waals surface area contributed by atoms with Crippen molar-refractivity contribution in [2.75, 3.05) is 31.1 Å². The monoisotopic (exact) mass is 398 g/mol. The third-order valence-electron chi connectivity index (χ3n) is 5.34. The SMILES string of the molecule is CCn1c(=O)n(CC(=O)N2CCN(c3cccc(Cl)c3)CC2)c2ccccc21. The Hall–Kier alpha value is -2.73. The van der Waals surface area contributed by atoms with E-state index in [4.69, 9.17) is 11.6 Å². The van der Waals surface area contributed by atoms with Gasteiger partial charge in [-0.05, 0) is 37.3 Å². The highest BCUT2D eigenvalue weighted by molar-refractivity contribution is 6.30. The zero-order valence-electron chi connectivity index (χ0n) is 15.8. The molecule has 1 fully saturated rings. The molecule has 2 heterocycles. The summed E-state index contributed by atoms with van der Waals surface area (Å²) in [5.74, 6) is -0.0214. The predicted molar refractivity (Wildman–Crippen MR) is 112 cm³/mol. The Bertz CT molecular complexity index is 1060. The fourth-order valence-electron chi connectivity index (χ4n) is 3.85. The molecule has 1 aromatic heterocycles. The van der Waals surface area contributed by atoms with Crippen molar-refractivity contribution in [3.63, 3.8) is 0 Å². The van der Waals surface area contributed by atoms with Gasteiger partial charge in [0.25, 0.3) is 0 Å². The number of benzene rings is 2. The quantitative estimate of drug-likeness (QED) is 0.679. The Morgan fingerprint density at radius 2 is 1.64 bits per heavy atom. The van der Waals surface area contributed by atoms with Gasteiger partial charge in [-0.15, -0.1) is 0 Å². The highest BCUT2D eigenvalue weighted by atomic mass is 35.5. The molecule has 4 rings (SSSR count). The number of hydrogen-bond donors (Lipinski definition) is 0. The third kappa shape index (κ3) is 3.40. The molecule has 0 unspecified atom stereocenters. The lowest BCUT2D eigenvalue weighted by atomic mass is 10.2. The first kappa shape index (κ1) is 18.6. The average Bonchev–Trinajstić information content (AvgIpc) is 2.99. The summed E-state index contributed by atoms with van der Waals surface area (Å²) in [4.78, 5) is 29.7. The van der Waals surface area contributed by atoms with Crippen molar-refractivity contribution >= 4 is 34.2 Å². The molecule has 0 aliphatic carbocycles. The largest absolute Gasteiger partial charge is 0.368 e. The number of para-hydroxylation sites is 2. The van der Waals surface area contributed by atoms with Gasteiger partial charge >= 0.3 is 5.69 Å². The molecule has 0 N–H and O–H groups in total. The van der Waals surface area contributed by atoms with E-state index < -0.39 is 0 Å². The summed E-state index contributed by atoms with van der Waals surface area (Å²) in [6.45, 7) is 5.35. The molecule has 146 valence electrons. The van der Waals surface area contributed by atoms with Gasteiger partial charge in [0.2, 0.25) is 5.91 Å². The Labute approximate surface area is 168 Å². The summed E-state index contributed by atoms with van der Waals surface area (Å²) >= 11 is 6.08. The number of fused-ring (bicyclic) bond motifs is 1. The number of aryl methyl sites for hydroxylation is 1. The summed E-state index contributed by atoms with van der Waals surface area (Å²) in [6, 6.07) is 15.4. The Balaban J connectivity index is 1.48. The van der Waals surface area contributed by atoms with Crippen LogP contribution in [0.3, 0.4) is 0 Å². The lowest BCUT2D eigenvalue weighted by Crippen LogP contribution is -2.50. The molecule has 1 aliphatic heterocycles. The molecular weight excluding hydrogens is 376 g/mol. The van der Waals surface area contributed by atoms with Crippen molar-refractivity contribution in [3.05, 3.63) is 64.0 Å². The van der Waals surface area contributed by atoms with E-state index in [2.05, 4.69) is 4.90 Å². The van der Waals surface area contributed by atoms with Gasteiger partial charge in [0, 0.05) is 43.4 Å². The zero-order chi connectivity index (χ0) is 19.7. The molecule has 7 heteroatoms. The second-order valence-corrected chi connectivity index (χ2v) is 7.39. The van der Waals surface area contributed by atoms with E-state index in [1.807, 2.05) is 60.4 Å². The number of hydrogen-bond acceptors (Lipinski definition) is 3. The van der Waals surface area contributed by atoms with E-state index in [1.165, 1.54) is 0 Å². The van der Waals surface area contributed by atoms with Crippen molar-refractivity contribution in [1.29, 1.82) is 0 Å². The number of piperazine rings is 1. The van der Waals surface area contributed by atoms with Crippen molar-refractivity contribution in [3.8, 4) is 0 Å². The minimum absolute atomic E-state index is 0.0214. The first-order valence-electron chi connectivity index (χ1n) is 9.55. The topological polar surface area (TPSA) is 50.5 Å². The Kier molecular flexibility index (Phi) is 5.13. The number of nitrogens with zero attached hydrogens (tertiary/aromatic N) is 4. The molecule has 0 radical (unpaired) electrons. The van der Waals surface area contributed by atoms with Crippen molar-refractivity contribution in [1.82, 2.24) is 14.0 Å². The molecule has 0 atom stereocenters. The van der Waals surface area contributed by atoms with Crippen molar-refractivity contribution in [2.45, 2.75) is 20.0 Å². The summed E-state index contributed by atoms with van der Waals surface area (Å²) < 4.78 is 3.30. The van der Waals surface area contributed by atoms with E-state index >= 15 is 0 Å². The summed E-state index contributed by atoms with van der Waals surface area (Å²) in [5, 5.41) is 0.711. The van der Waals surface area contributed by atoms with Crippen LogP contribution < -0.4 is 10.6 Å². The van der Waals surface area contributed by atoms with Gasteiger partial charge in [-0.2, -0.15) is 0 Å². The normalized spacial score (nSPS) is 14.6. The van der Waals surface area contributed by atoms with Crippen molar-refractivity contribution < 1.29 is 4.79 Å². The maximum Gasteiger partial charge on any atom is 0.329 e. The van der Waals surface area contributed by atoms with Gasteiger partial charge in [-0.25, -0.2) is 4.79 Å². The Morgan fingerprint density at radius 3 is 2.29 bits per heavy atom. The fraction of sp³-hybridized carbons (Fsp3) is 0.333. The van der Waals surface area contributed by atoms with E-state index in [0.717, 1.165) is 29.8 Å². The third-order valence-corrected chi connectivity index (χ3v) is 5.58. The predicted octanol–water partition coefficient (Wildman–Crippen LogP) is 2.83. The van der Waals surface area contributed by atoms with Crippen molar-refractivity contribution in [2.24, 2.45) is 0 Å². The van der Waals surface area contributed by atoms with E-state index in [1.54, 1.807) is 9.13 Å². The molecular formula is C21H23ClN4O2. The maximum atomic E-state index is 12.9. The average molecular weight is 399 g/mol. The molecule has 1 amide bonds. The minimum Gasteiger partial charge on any atom is -0.368 e. The number of imidazole rings is 1. The minimum atomic E-state index is -0.130. The second-order valence-electron chi connectivity index (χ2n) is 6.95. The number of rotatable bonds is 4. The first-order chi connectivity index (χ1) is 13.6. The van der Waals surface area contributed by atoms with E-state index in [9.17, 15) is 9.59 Å². The van der Waals surface area contributed by atoms with Crippen LogP contribution >= 0.6 is 11.6 Å². The Morgan fingerprint density at radius 1 is 0.964 bits per heavy atom. The van der Waals surface area contributed by atoms with Gasteiger partial charge in [0.1, 0.15) is 6.54 Å². The zero-order valence-corrected chi connectivity index (χ0v) is 16.6. The van der Waals surface area contributed by atoms with Gasteiger partial charge < -0.3 is 9.80 Å². The molecule has 3 aromatic rings. The number of halogens is 1. The lowest BCUT2D eigenvalue weighted by molar-refractivity contribution is -0.132. The number of carbonyl (C=O) groups excluding carboxylic acids is 1. The fourth-order valence-corrected chi connectivity index (χ4v) is 4.04.